The van der Waals surface area contributed by atoms with Gasteiger partial charge >= 0.3 is 11.9 Å². The lowest BCUT2D eigenvalue weighted by Gasteiger charge is -2.36. The number of rotatable bonds is 4. The van der Waals surface area contributed by atoms with Crippen molar-refractivity contribution in [3.63, 3.8) is 0 Å². The van der Waals surface area contributed by atoms with Crippen LogP contribution in [0.15, 0.2) is 0 Å². The molecule has 0 aliphatic heterocycles. The van der Waals surface area contributed by atoms with Crippen molar-refractivity contribution in [3.05, 3.63) is 0 Å². The molecule has 128 valence electrons. The highest BCUT2D eigenvalue weighted by Crippen LogP contribution is 2.34. The van der Waals surface area contributed by atoms with Gasteiger partial charge in [0.2, 0.25) is 5.72 Å². The molecule has 1 aliphatic carbocycles. The van der Waals surface area contributed by atoms with Gasteiger partial charge in [-0.2, -0.15) is 0 Å². The molecule has 0 saturated heterocycles. The Balaban J connectivity index is 3.03. The molecule has 22 heavy (non-hydrogen) atoms. The molecule has 1 aliphatic rings. The van der Waals surface area contributed by atoms with Gasteiger partial charge in [0, 0.05) is 0 Å². The third kappa shape index (κ3) is 5.25. The van der Waals surface area contributed by atoms with E-state index < -0.39 is 29.2 Å². The van der Waals surface area contributed by atoms with Crippen molar-refractivity contribution in [2.75, 3.05) is 0 Å². The first-order chi connectivity index (χ1) is 10.1. The summed E-state index contributed by atoms with van der Waals surface area (Å²) in [5, 5.41) is 19.4. The molecule has 4 N–H and O–H groups in total. The molecule has 0 radical (unpaired) electrons. The largest absolute Gasteiger partial charge is 0.478 e. The van der Waals surface area contributed by atoms with Crippen LogP contribution in [-0.2, 0) is 14.3 Å². The monoisotopic (exact) mass is 315 g/mol. The van der Waals surface area contributed by atoms with E-state index in [-0.39, 0.29) is 5.92 Å². The summed E-state index contributed by atoms with van der Waals surface area (Å²) in [7, 11) is 0. The van der Waals surface area contributed by atoms with Gasteiger partial charge in [0.15, 0.2) is 0 Å². The molecule has 0 spiro atoms. The second-order valence-corrected chi connectivity index (χ2v) is 7.25. The van der Waals surface area contributed by atoms with E-state index in [1.165, 1.54) is 0 Å². The van der Waals surface area contributed by atoms with Gasteiger partial charge in [0.1, 0.15) is 11.5 Å². The number of carboxylic acids is 1. The Kier molecular flexibility index (Phi) is 6.38. The van der Waals surface area contributed by atoms with Gasteiger partial charge in [0.25, 0.3) is 0 Å². The summed E-state index contributed by atoms with van der Waals surface area (Å²) in [6.45, 7) is 5.11. The van der Waals surface area contributed by atoms with Gasteiger partial charge in [-0.1, -0.05) is 32.1 Å². The summed E-state index contributed by atoms with van der Waals surface area (Å²) in [6, 6.07) is 0. The van der Waals surface area contributed by atoms with Crippen LogP contribution >= 0.6 is 0 Å². The minimum atomic E-state index is -2.60. The number of carbonyl (C=O) groups is 2. The van der Waals surface area contributed by atoms with Gasteiger partial charge in [-0.3, -0.25) is 10.5 Å². The highest BCUT2D eigenvalue weighted by atomic mass is 16.6. The minimum absolute atomic E-state index is 0.277. The molecule has 0 unspecified atom stereocenters. The first kappa shape index (κ1) is 18.9. The Labute approximate surface area is 132 Å². The number of carbonyl (C=O) groups excluding carboxylic acids is 1. The van der Waals surface area contributed by atoms with Gasteiger partial charge < -0.3 is 14.9 Å². The lowest BCUT2D eigenvalue weighted by atomic mass is 9.76. The maximum Gasteiger partial charge on any atom is 0.351 e. The van der Waals surface area contributed by atoms with E-state index in [4.69, 9.17) is 10.5 Å². The Morgan fingerprint density at radius 2 is 1.55 bits per heavy atom. The second-order valence-electron chi connectivity index (χ2n) is 7.25. The summed E-state index contributed by atoms with van der Waals surface area (Å²) >= 11 is 0. The number of esters is 1. The van der Waals surface area contributed by atoms with Gasteiger partial charge in [-0.15, -0.1) is 0 Å². The summed E-state index contributed by atoms with van der Waals surface area (Å²) in [6.07, 6.45) is 6.41. The number of carboxylic acid groups (broad SMARTS) is 1. The number of hydrogen-bond acceptors (Lipinski definition) is 5. The van der Waals surface area contributed by atoms with E-state index in [1.807, 2.05) is 0 Å². The summed E-state index contributed by atoms with van der Waals surface area (Å²) in [5.74, 6) is -3.85. The molecule has 0 bridgehead atoms. The van der Waals surface area contributed by atoms with E-state index in [1.54, 1.807) is 20.8 Å². The Morgan fingerprint density at radius 3 is 1.95 bits per heavy atom. The molecule has 0 heterocycles. The Morgan fingerprint density at radius 1 is 1.09 bits per heavy atom. The van der Waals surface area contributed by atoms with Crippen LogP contribution in [0.5, 0.6) is 0 Å². The molecule has 0 aromatic carbocycles. The Bertz CT molecular complexity index is 392. The molecule has 1 saturated carbocycles. The number of nitrogens with two attached hydrogens (primary N) is 1. The molecule has 0 aromatic heterocycles. The maximum absolute atomic E-state index is 12.5. The molecule has 0 amide bonds. The predicted octanol–water partition coefficient (Wildman–Crippen LogP) is 2.04. The van der Waals surface area contributed by atoms with Crippen LogP contribution in [0.25, 0.3) is 0 Å². The van der Waals surface area contributed by atoms with Crippen molar-refractivity contribution in [3.8, 4) is 0 Å². The Hall–Kier alpha value is -1.14. The van der Waals surface area contributed by atoms with Crippen LogP contribution in [0.2, 0.25) is 0 Å². The molecule has 1 fully saturated rings. The summed E-state index contributed by atoms with van der Waals surface area (Å²) in [4.78, 5) is 23.8. The third-order valence-electron chi connectivity index (χ3n) is 4.10. The quantitative estimate of drug-likeness (QED) is 0.541. The lowest BCUT2D eigenvalue weighted by molar-refractivity contribution is -0.187. The standard InChI is InChI=1S/C16H29NO5/c1-15(2,3)22-13(18)12(16(17,21)14(19)20)11-9-7-5-4-6-8-10-11/h11-12,21H,4-10,17H2,1-3H3,(H,19,20)/t12-,16-/m0/s1. The van der Waals surface area contributed by atoms with Crippen LogP contribution < -0.4 is 5.73 Å². The fourth-order valence-corrected chi connectivity index (χ4v) is 3.05. The number of ether oxygens (including phenoxy) is 1. The highest BCUT2D eigenvalue weighted by Gasteiger charge is 2.50. The molecule has 1 rings (SSSR count). The van der Waals surface area contributed by atoms with Gasteiger partial charge in [0.05, 0.1) is 0 Å². The summed E-state index contributed by atoms with van der Waals surface area (Å²) < 4.78 is 5.32. The zero-order valence-corrected chi connectivity index (χ0v) is 13.8. The van der Waals surface area contributed by atoms with Gasteiger partial charge in [-0.05, 0) is 39.5 Å². The number of aliphatic carboxylic acids is 1. The van der Waals surface area contributed by atoms with E-state index in [2.05, 4.69) is 0 Å². The minimum Gasteiger partial charge on any atom is -0.478 e. The average molecular weight is 315 g/mol. The summed E-state index contributed by atoms with van der Waals surface area (Å²) in [5.41, 5.74) is 2.24. The van der Waals surface area contributed by atoms with Crippen molar-refractivity contribution in [1.29, 1.82) is 0 Å². The fourth-order valence-electron chi connectivity index (χ4n) is 3.05. The SMILES string of the molecule is CC(C)(C)OC(=O)[C@H](C1CCCCCCC1)[C@](N)(O)C(=O)O. The molecule has 6 heteroatoms. The van der Waals surface area contributed by atoms with Crippen LogP contribution in [0, 0.1) is 11.8 Å². The molecule has 0 aromatic rings. The maximum atomic E-state index is 12.5. The van der Waals surface area contributed by atoms with E-state index >= 15 is 0 Å². The van der Waals surface area contributed by atoms with Crippen molar-refractivity contribution in [1.82, 2.24) is 0 Å². The predicted molar refractivity (Wildman–Crippen MR) is 81.9 cm³/mol. The van der Waals surface area contributed by atoms with Crippen LogP contribution in [0.4, 0.5) is 0 Å². The lowest BCUT2D eigenvalue weighted by Crippen LogP contribution is -2.60. The normalized spacial score (nSPS) is 22.0. The first-order valence-electron chi connectivity index (χ1n) is 8.03. The van der Waals surface area contributed by atoms with Crippen LogP contribution in [0.1, 0.15) is 65.7 Å². The van der Waals surface area contributed by atoms with Crippen LogP contribution in [0.3, 0.4) is 0 Å². The second kappa shape index (κ2) is 7.42. The zero-order chi connectivity index (χ0) is 17.0. The topological polar surface area (TPSA) is 110 Å². The number of aliphatic hydroxyl groups is 1. The smallest absolute Gasteiger partial charge is 0.351 e. The van der Waals surface area contributed by atoms with E-state index in [0.29, 0.717) is 12.8 Å². The highest BCUT2D eigenvalue weighted by molar-refractivity contribution is 5.86. The average Bonchev–Trinajstić information content (AvgIpc) is 2.29. The molecule has 6 nitrogen and oxygen atoms in total. The molecule has 2 atom stereocenters. The van der Waals surface area contributed by atoms with Crippen LogP contribution in [-0.4, -0.2) is 33.5 Å². The number of hydrogen-bond donors (Lipinski definition) is 3. The van der Waals surface area contributed by atoms with E-state index in [9.17, 15) is 19.8 Å². The van der Waals surface area contributed by atoms with Crippen molar-refractivity contribution >= 4 is 11.9 Å². The van der Waals surface area contributed by atoms with Gasteiger partial charge in [-0.25, -0.2) is 4.79 Å². The fraction of sp³-hybridized carbons (Fsp3) is 0.875. The van der Waals surface area contributed by atoms with E-state index in [0.717, 1.165) is 32.1 Å². The van der Waals surface area contributed by atoms with Crippen molar-refractivity contribution in [2.24, 2.45) is 17.6 Å². The molecular weight excluding hydrogens is 286 g/mol. The first-order valence-corrected chi connectivity index (χ1v) is 8.03. The van der Waals surface area contributed by atoms with Crippen molar-refractivity contribution in [2.45, 2.75) is 77.0 Å². The zero-order valence-electron chi connectivity index (χ0n) is 13.8. The molecular formula is C16H29NO5. The third-order valence-corrected chi connectivity index (χ3v) is 4.10. The van der Waals surface area contributed by atoms with Crippen molar-refractivity contribution < 1.29 is 24.5 Å².